The van der Waals surface area contributed by atoms with Gasteiger partial charge in [0.25, 0.3) is 0 Å². The molecule has 0 aromatic carbocycles. The fourth-order valence-corrected chi connectivity index (χ4v) is 2.91. The van der Waals surface area contributed by atoms with Crippen LogP contribution in [-0.2, 0) is 4.79 Å². The van der Waals surface area contributed by atoms with Crippen molar-refractivity contribution in [1.82, 2.24) is 5.32 Å². The summed E-state index contributed by atoms with van der Waals surface area (Å²) in [6, 6.07) is 0. The van der Waals surface area contributed by atoms with Crippen molar-refractivity contribution >= 4 is 5.91 Å². The Morgan fingerprint density at radius 3 is 2.00 bits per heavy atom. The lowest BCUT2D eigenvalue weighted by molar-refractivity contribution is -0.123. The first-order chi connectivity index (χ1) is 8.47. The summed E-state index contributed by atoms with van der Waals surface area (Å²) in [5, 5.41) is 3.13. The predicted molar refractivity (Wildman–Crippen MR) is 82.9 cm³/mol. The Morgan fingerprint density at radius 1 is 1.11 bits per heavy atom. The maximum atomic E-state index is 12.1. The average molecular weight is 270 g/mol. The highest BCUT2D eigenvalue weighted by atomic mass is 16.1. The van der Waals surface area contributed by atoms with Crippen LogP contribution in [0.2, 0.25) is 0 Å². The fraction of sp³-hybridized carbons (Fsp3) is 0.938. The predicted octanol–water partition coefficient (Wildman–Crippen LogP) is 3.33. The van der Waals surface area contributed by atoms with E-state index in [4.69, 9.17) is 5.73 Å². The Labute approximate surface area is 119 Å². The molecule has 0 saturated heterocycles. The molecule has 3 heteroatoms. The van der Waals surface area contributed by atoms with Gasteiger partial charge in [-0.15, -0.1) is 0 Å². The van der Waals surface area contributed by atoms with Gasteiger partial charge in [0, 0.05) is 18.5 Å². The maximum absolute atomic E-state index is 12.1. The van der Waals surface area contributed by atoms with Gasteiger partial charge in [-0.05, 0) is 37.0 Å². The third-order valence-corrected chi connectivity index (χ3v) is 3.25. The van der Waals surface area contributed by atoms with Crippen molar-refractivity contribution in [1.29, 1.82) is 0 Å². The molecule has 3 N–H and O–H groups in total. The van der Waals surface area contributed by atoms with Gasteiger partial charge in [0.05, 0.1) is 0 Å². The van der Waals surface area contributed by atoms with Crippen molar-refractivity contribution in [3.63, 3.8) is 0 Å². The molecule has 0 aromatic rings. The van der Waals surface area contributed by atoms with Crippen molar-refractivity contribution in [2.24, 2.45) is 23.0 Å². The smallest absolute Gasteiger partial charge is 0.220 e. The second-order valence-electron chi connectivity index (χ2n) is 7.99. The SMILES string of the molecule is CC(C)CC(C)(CN)NC(=O)CC(C)CC(C)(C)C. The van der Waals surface area contributed by atoms with Gasteiger partial charge in [-0.3, -0.25) is 4.79 Å². The molecule has 0 aromatic heterocycles. The average Bonchev–Trinajstić information content (AvgIpc) is 2.11. The second kappa shape index (κ2) is 7.28. The summed E-state index contributed by atoms with van der Waals surface area (Å²) in [6.45, 7) is 15.6. The van der Waals surface area contributed by atoms with E-state index in [-0.39, 0.29) is 16.9 Å². The summed E-state index contributed by atoms with van der Waals surface area (Å²) >= 11 is 0. The third kappa shape index (κ3) is 9.04. The normalized spacial score (nSPS) is 17.1. The molecule has 0 spiro atoms. The van der Waals surface area contributed by atoms with Crippen LogP contribution in [0.3, 0.4) is 0 Å². The molecule has 3 nitrogen and oxygen atoms in total. The van der Waals surface area contributed by atoms with Crippen LogP contribution in [0.1, 0.15) is 67.7 Å². The Morgan fingerprint density at radius 2 is 1.63 bits per heavy atom. The van der Waals surface area contributed by atoms with Gasteiger partial charge >= 0.3 is 0 Å². The number of nitrogens with one attached hydrogen (secondary N) is 1. The van der Waals surface area contributed by atoms with Crippen LogP contribution in [-0.4, -0.2) is 18.0 Å². The molecule has 0 aliphatic rings. The molecule has 114 valence electrons. The first-order valence-corrected chi connectivity index (χ1v) is 7.48. The first kappa shape index (κ1) is 18.4. The van der Waals surface area contributed by atoms with E-state index in [9.17, 15) is 4.79 Å². The first-order valence-electron chi connectivity index (χ1n) is 7.48. The summed E-state index contributed by atoms with van der Waals surface area (Å²) in [5.74, 6) is 1.06. The van der Waals surface area contributed by atoms with Gasteiger partial charge in [-0.2, -0.15) is 0 Å². The highest BCUT2D eigenvalue weighted by molar-refractivity contribution is 5.77. The molecule has 0 rings (SSSR count). The van der Waals surface area contributed by atoms with E-state index >= 15 is 0 Å². The van der Waals surface area contributed by atoms with Crippen molar-refractivity contribution in [2.75, 3.05) is 6.54 Å². The molecule has 0 fully saturated rings. The van der Waals surface area contributed by atoms with E-state index in [1.54, 1.807) is 0 Å². The van der Waals surface area contributed by atoms with Crippen LogP contribution < -0.4 is 11.1 Å². The topological polar surface area (TPSA) is 55.1 Å². The van der Waals surface area contributed by atoms with Crippen LogP contribution >= 0.6 is 0 Å². The highest BCUT2D eigenvalue weighted by Crippen LogP contribution is 2.26. The molecular formula is C16H34N2O. The molecule has 2 unspecified atom stereocenters. The molecule has 0 saturated carbocycles. The van der Waals surface area contributed by atoms with Crippen LogP contribution in [0.5, 0.6) is 0 Å². The number of rotatable bonds is 7. The largest absolute Gasteiger partial charge is 0.350 e. The van der Waals surface area contributed by atoms with Gasteiger partial charge < -0.3 is 11.1 Å². The van der Waals surface area contributed by atoms with Gasteiger partial charge in [-0.1, -0.05) is 41.5 Å². The van der Waals surface area contributed by atoms with E-state index in [2.05, 4.69) is 46.9 Å². The van der Waals surface area contributed by atoms with Gasteiger partial charge in [-0.25, -0.2) is 0 Å². The lowest BCUT2D eigenvalue weighted by atomic mass is 9.83. The zero-order valence-electron chi connectivity index (χ0n) is 14.0. The summed E-state index contributed by atoms with van der Waals surface area (Å²) < 4.78 is 0. The second-order valence-corrected chi connectivity index (χ2v) is 7.99. The van der Waals surface area contributed by atoms with Crippen LogP contribution in [0.25, 0.3) is 0 Å². The van der Waals surface area contributed by atoms with Crippen molar-refractivity contribution in [2.45, 2.75) is 73.3 Å². The molecule has 2 atom stereocenters. The third-order valence-electron chi connectivity index (χ3n) is 3.25. The quantitative estimate of drug-likeness (QED) is 0.745. The number of nitrogens with two attached hydrogens (primary N) is 1. The zero-order chi connectivity index (χ0) is 15.3. The Bertz CT molecular complexity index is 281. The molecule has 0 heterocycles. The van der Waals surface area contributed by atoms with E-state index in [1.807, 2.05) is 6.92 Å². The summed E-state index contributed by atoms with van der Waals surface area (Å²) in [5.41, 5.74) is 5.82. The lowest BCUT2D eigenvalue weighted by Crippen LogP contribution is -2.52. The van der Waals surface area contributed by atoms with Gasteiger partial charge in [0.1, 0.15) is 0 Å². The van der Waals surface area contributed by atoms with Gasteiger partial charge in [0.15, 0.2) is 0 Å². The van der Waals surface area contributed by atoms with Crippen molar-refractivity contribution in [3.8, 4) is 0 Å². The number of amides is 1. The van der Waals surface area contributed by atoms with E-state index in [1.165, 1.54) is 0 Å². The van der Waals surface area contributed by atoms with Crippen LogP contribution in [0.4, 0.5) is 0 Å². The molecule has 0 aliphatic carbocycles. The maximum Gasteiger partial charge on any atom is 0.220 e. The van der Waals surface area contributed by atoms with E-state index in [0.29, 0.717) is 24.8 Å². The Hall–Kier alpha value is -0.570. The molecule has 19 heavy (non-hydrogen) atoms. The summed E-state index contributed by atoms with van der Waals surface area (Å²) in [7, 11) is 0. The van der Waals surface area contributed by atoms with Crippen LogP contribution in [0, 0.1) is 17.3 Å². The standard InChI is InChI=1S/C16H34N2O/c1-12(2)9-16(7,11-17)18-14(19)8-13(3)10-15(4,5)6/h12-13H,8-11,17H2,1-7H3,(H,18,19). The molecule has 0 bridgehead atoms. The molecule has 0 radical (unpaired) electrons. The minimum atomic E-state index is -0.271. The highest BCUT2D eigenvalue weighted by Gasteiger charge is 2.27. The number of hydrogen-bond donors (Lipinski definition) is 2. The lowest BCUT2D eigenvalue weighted by Gasteiger charge is -2.32. The van der Waals surface area contributed by atoms with Gasteiger partial charge in [0.2, 0.25) is 5.91 Å². The zero-order valence-corrected chi connectivity index (χ0v) is 14.0. The summed E-state index contributed by atoms with van der Waals surface area (Å²) in [4.78, 5) is 12.1. The number of carbonyl (C=O) groups excluding carboxylic acids is 1. The van der Waals surface area contributed by atoms with Crippen molar-refractivity contribution < 1.29 is 4.79 Å². The molecular weight excluding hydrogens is 236 g/mol. The fourth-order valence-electron chi connectivity index (χ4n) is 2.91. The summed E-state index contributed by atoms with van der Waals surface area (Å²) in [6.07, 6.45) is 2.57. The molecule has 1 amide bonds. The molecule has 0 aliphatic heterocycles. The van der Waals surface area contributed by atoms with E-state index < -0.39 is 0 Å². The Kier molecular flexibility index (Phi) is 7.06. The number of hydrogen-bond acceptors (Lipinski definition) is 2. The monoisotopic (exact) mass is 270 g/mol. The minimum Gasteiger partial charge on any atom is -0.350 e. The Balaban J connectivity index is 4.35. The van der Waals surface area contributed by atoms with Crippen molar-refractivity contribution in [3.05, 3.63) is 0 Å². The van der Waals surface area contributed by atoms with E-state index in [0.717, 1.165) is 12.8 Å². The van der Waals surface area contributed by atoms with Crippen LogP contribution in [0.15, 0.2) is 0 Å². The minimum absolute atomic E-state index is 0.130. The number of carbonyl (C=O) groups is 1.